The van der Waals surface area contributed by atoms with Gasteiger partial charge in [0.1, 0.15) is 0 Å². The average Bonchev–Trinajstić information content (AvgIpc) is 2.64. The highest BCUT2D eigenvalue weighted by molar-refractivity contribution is 5.91. The Morgan fingerprint density at radius 1 is 0.542 bits per heavy atom. The standard InChI is InChI=1S/C23H19N/c1-18-9-8-10-19-15-16-22(17-23(18)19)24(20-11-4-2-5-12-20)21-13-6-3-7-14-21/h2-17H,1H3. The highest BCUT2D eigenvalue weighted by Crippen LogP contribution is 2.36. The second-order valence-corrected chi connectivity index (χ2v) is 5.99. The van der Waals surface area contributed by atoms with Gasteiger partial charge in [-0.3, -0.25) is 0 Å². The van der Waals surface area contributed by atoms with Crippen LogP contribution < -0.4 is 4.90 Å². The van der Waals surface area contributed by atoms with E-state index in [1.165, 1.54) is 22.0 Å². The van der Waals surface area contributed by atoms with Gasteiger partial charge in [0, 0.05) is 17.1 Å². The summed E-state index contributed by atoms with van der Waals surface area (Å²) in [6.45, 7) is 2.17. The fourth-order valence-corrected chi connectivity index (χ4v) is 3.16. The van der Waals surface area contributed by atoms with E-state index in [4.69, 9.17) is 0 Å². The van der Waals surface area contributed by atoms with Crippen LogP contribution in [0.1, 0.15) is 5.56 Å². The summed E-state index contributed by atoms with van der Waals surface area (Å²) in [6, 6.07) is 34.2. The van der Waals surface area contributed by atoms with Crippen molar-refractivity contribution in [2.75, 3.05) is 4.90 Å². The molecule has 0 atom stereocenters. The van der Waals surface area contributed by atoms with Crippen LogP contribution in [0.2, 0.25) is 0 Å². The van der Waals surface area contributed by atoms with Crippen molar-refractivity contribution < 1.29 is 0 Å². The predicted octanol–water partition coefficient (Wildman–Crippen LogP) is 6.62. The Bertz CT molecular complexity index is 919. The molecule has 0 unspecified atom stereocenters. The minimum absolute atomic E-state index is 1.16. The molecule has 0 saturated carbocycles. The van der Waals surface area contributed by atoms with Gasteiger partial charge < -0.3 is 4.90 Å². The van der Waals surface area contributed by atoms with Gasteiger partial charge in [0.2, 0.25) is 0 Å². The fraction of sp³-hybridized carbons (Fsp3) is 0.0435. The molecule has 4 rings (SSSR count). The lowest BCUT2D eigenvalue weighted by atomic mass is 10.0. The number of fused-ring (bicyclic) bond motifs is 1. The maximum Gasteiger partial charge on any atom is 0.0468 e. The van der Waals surface area contributed by atoms with Crippen molar-refractivity contribution in [3.05, 3.63) is 103 Å². The minimum Gasteiger partial charge on any atom is -0.310 e. The van der Waals surface area contributed by atoms with Crippen LogP contribution in [0.15, 0.2) is 97.1 Å². The third-order valence-electron chi connectivity index (χ3n) is 4.37. The monoisotopic (exact) mass is 309 g/mol. The lowest BCUT2D eigenvalue weighted by Gasteiger charge is -2.25. The van der Waals surface area contributed by atoms with Crippen LogP contribution in [0, 0.1) is 6.92 Å². The minimum atomic E-state index is 1.16. The van der Waals surface area contributed by atoms with Gasteiger partial charge in [-0.05, 0) is 59.7 Å². The molecule has 116 valence electrons. The lowest BCUT2D eigenvalue weighted by molar-refractivity contribution is 1.29. The summed E-state index contributed by atoms with van der Waals surface area (Å²) in [5, 5.41) is 2.58. The van der Waals surface area contributed by atoms with Gasteiger partial charge in [-0.15, -0.1) is 0 Å². The first-order valence-electron chi connectivity index (χ1n) is 8.22. The van der Waals surface area contributed by atoms with Crippen LogP contribution in [-0.2, 0) is 0 Å². The Kier molecular flexibility index (Phi) is 3.76. The van der Waals surface area contributed by atoms with Crippen LogP contribution >= 0.6 is 0 Å². The third-order valence-corrected chi connectivity index (χ3v) is 4.37. The Morgan fingerprint density at radius 2 is 1.17 bits per heavy atom. The van der Waals surface area contributed by atoms with E-state index in [0.717, 1.165) is 11.4 Å². The van der Waals surface area contributed by atoms with E-state index in [1.54, 1.807) is 0 Å². The molecular formula is C23H19N. The highest BCUT2D eigenvalue weighted by atomic mass is 15.1. The van der Waals surface area contributed by atoms with Crippen molar-refractivity contribution in [2.45, 2.75) is 6.92 Å². The summed E-state index contributed by atoms with van der Waals surface area (Å²) in [5.74, 6) is 0. The van der Waals surface area contributed by atoms with Crippen molar-refractivity contribution >= 4 is 27.8 Å². The van der Waals surface area contributed by atoms with Gasteiger partial charge >= 0.3 is 0 Å². The largest absolute Gasteiger partial charge is 0.310 e. The molecule has 0 fully saturated rings. The molecule has 0 aliphatic rings. The summed E-state index contributed by atoms with van der Waals surface area (Å²) < 4.78 is 0. The molecule has 24 heavy (non-hydrogen) atoms. The number of anilines is 3. The maximum absolute atomic E-state index is 2.30. The van der Waals surface area contributed by atoms with Gasteiger partial charge in [0.15, 0.2) is 0 Å². The van der Waals surface area contributed by atoms with Crippen molar-refractivity contribution in [2.24, 2.45) is 0 Å². The van der Waals surface area contributed by atoms with Crippen LogP contribution in [0.25, 0.3) is 10.8 Å². The SMILES string of the molecule is Cc1cccc2ccc(N(c3ccccc3)c3ccccc3)cc12. The van der Waals surface area contributed by atoms with Crippen LogP contribution in [-0.4, -0.2) is 0 Å². The lowest BCUT2D eigenvalue weighted by Crippen LogP contribution is -2.09. The van der Waals surface area contributed by atoms with E-state index in [0.29, 0.717) is 0 Å². The molecule has 0 radical (unpaired) electrons. The number of para-hydroxylation sites is 2. The van der Waals surface area contributed by atoms with E-state index >= 15 is 0 Å². The first kappa shape index (κ1) is 14.5. The smallest absolute Gasteiger partial charge is 0.0468 e. The van der Waals surface area contributed by atoms with Crippen LogP contribution in [0.4, 0.5) is 17.1 Å². The van der Waals surface area contributed by atoms with E-state index in [9.17, 15) is 0 Å². The molecule has 4 aromatic carbocycles. The molecule has 0 heterocycles. The molecule has 1 heteroatoms. The summed E-state index contributed by atoms with van der Waals surface area (Å²) in [5.41, 5.74) is 4.80. The molecule has 0 saturated heterocycles. The summed E-state index contributed by atoms with van der Waals surface area (Å²) in [4.78, 5) is 2.30. The summed E-state index contributed by atoms with van der Waals surface area (Å²) >= 11 is 0. The summed E-state index contributed by atoms with van der Waals surface area (Å²) in [7, 11) is 0. The number of nitrogens with zero attached hydrogens (tertiary/aromatic N) is 1. The van der Waals surface area contributed by atoms with Gasteiger partial charge in [-0.2, -0.15) is 0 Å². The topological polar surface area (TPSA) is 3.24 Å². The fourth-order valence-electron chi connectivity index (χ4n) is 3.16. The number of rotatable bonds is 3. The molecule has 0 bridgehead atoms. The van der Waals surface area contributed by atoms with Crippen LogP contribution in [0.5, 0.6) is 0 Å². The Balaban J connectivity index is 1.92. The first-order valence-corrected chi connectivity index (χ1v) is 8.22. The molecule has 0 N–H and O–H groups in total. The summed E-state index contributed by atoms with van der Waals surface area (Å²) in [6.07, 6.45) is 0. The average molecular weight is 309 g/mol. The number of hydrogen-bond donors (Lipinski definition) is 0. The molecule has 0 spiro atoms. The third kappa shape index (κ3) is 2.65. The van der Waals surface area contributed by atoms with E-state index in [-0.39, 0.29) is 0 Å². The number of aryl methyl sites for hydroxylation is 1. The van der Waals surface area contributed by atoms with Gasteiger partial charge in [0.25, 0.3) is 0 Å². The van der Waals surface area contributed by atoms with Crippen molar-refractivity contribution in [3.8, 4) is 0 Å². The van der Waals surface area contributed by atoms with Crippen LogP contribution in [0.3, 0.4) is 0 Å². The Morgan fingerprint density at radius 3 is 1.79 bits per heavy atom. The zero-order valence-corrected chi connectivity index (χ0v) is 13.7. The van der Waals surface area contributed by atoms with Gasteiger partial charge in [-0.25, -0.2) is 0 Å². The molecule has 0 amide bonds. The zero-order chi connectivity index (χ0) is 16.4. The molecule has 0 aromatic heterocycles. The van der Waals surface area contributed by atoms with E-state index < -0.39 is 0 Å². The molecule has 1 nitrogen and oxygen atoms in total. The molecule has 4 aromatic rings. The van der Waals surface area contributed by atoms with Gasteiger partial charge in [-0.1, -0.05) is 60.7 Å². The normalized spacial score (nSPS) is 10.7. The first-order chi connectivity index (χ1) is 11.8. The number of benzene rings is 4. The van der Waals surface area contributed by atoms with Gasteiger partial charge in [0.05, 0.1) is 0 Å². The predicted molar refractivity (Wildman–Crippen MR) is 103 cm³/mol. The number of hydrogen-bond acceptors (Lipinski definition) is 1. The molecule has 0 aliphatic carbocycles. The van der Waals surface area contributed by atoms with Crippen molar-refractivity contribution in [3.63, 3.8) is 0 Å². The van der Waals surface area contributed by atoms with E-state index in [1.807, 2.05) is 0 Å². The maximum atomic E-state index is 2.30. The molecular weight excluding hydrogens is 290 g/mol. The second-order valence-electron chi connectivity index (χ2n) is 5.99. The highest BCUT2D eigenvalue weighted by Gasteiger charge is 2.12. The van der Waals surface area contributed by atoms with Crippen molar-refractivity contribution in [1.82, 2.24) is 0 Å². The zero-order valence-electron chi connectivity index (χ0n) is 13.7. The Labute approximate surface area is 142 Å². The second kappa shape index (κ2) is 6.21. The molecule has 0 aliphatic heterocycles. The van der Waals surface area contributed by atoms with Crippen molar-refractivity contribution in [1.29, 1.82) is 0 Å². The van der Waals surface area contributed by atoms with E-state index in [2.05, 4.69) is 109 Å². The Hall–Kier alpha value is -3.06. The quantitative estimate of drug-likeness (QED) is 0.411.